The van der Waals surface area contributed by atoms with Crippen LogP contribution >= 0.6 is 0 Å². The van der Waals surface area contributed by atoms with Crippen molar-refractivity contribution in [1.82, 2.24) is 10.2 Å². The van der Waals surface area contributed by atoms with Crippen molar-refractivity contribution in [3.63, 3.8) is 0 Å². The second kappa shape index (κ2) is 6.32. The van der Waals surface area contributed by atoms with E-state index in [1.165, 1.54) is 4.90 Å². The largest absolute Gasteiger partial charge is 0.300 e. The fourth-order valence-corrected chi connectivity index (χ4v) is 2.68. The van der Waals surface area contributed by atoms with Gasteiger partial charge in [0.05, 0.1) is 12.5 Å². The first-order valence-electron chi connectivity index (χ1n) is 7.15. The lowest BCUT2D eigenvalue weighted by molar-refractivity contribution is -0.139. The molecule has 0 aromatic rings. The zero-order valence-corrected chi connectivity index (χ0v) is 12.1. The lowest BCUT2D eigenvalue weighted by Gasteiger charge is -2.34. The molecule has 0 saturated carbocycles. The van der Waals surface area contributed by atoms with Gasteiger partial charge in [-0.1, -0.05) is 27.7 Å². The molecule has 1 aliphatic rings. The van der Waals surface area contributed by atoms with Crippen molar-refractivity contribution in [2.24, 2.45) is 0 Å². The van der Waals surface area contributed by atoms with Gasteiger partial charge < -0.3 is 0 Å². The second-order valence-electron chi connectivity index (χ2n) is 5.13. The van der Waals surface area contributed by atoms with Crippen LogP contribution in [-0.2, 0) is 9.59 Å². The van der Waals surface area contributed by atoms with E-state index >= 15 is 0 Å². The molecule has 0 radical (unpaired) electrons. The van der Waals surface area contributed by atoms with Gasteiger partial charge in [-0.2, -0.15) is 0 Å². The molecule has 1 N–H and O–H groups in total. The Labute approximate surface area is 110 Å². The average Bonchev–Trinajstić information content (AvgIpc) is 2.64. The molecule has 4 heteroatoms. The lowest BCUT2D eigenvalue weighted by atomic mass is 9.88. The highest BCUT2D eigenvalue weighted by Gasteiger charge is 2.41. The quantitative estimate of drug-likeness (QED) is 0.708. The predicted molar refractivity (Wildman–Crippen MR) is 72.2 cm³/mol. The summed E-state index contributed by atoms with van der Waals surface area (Å²) in [7, 11) is 0. The second-order valence-corrected chi connectivity index (χ2v) is 5.13. The maximum atomic E-state index is 12.2. The van der Waals surface area contributed by atoms with Crippen LogP contribution in [0.15, 0.2) is 0 Å². The van der Waals surface area contributed by atoms with Gasteiger partial charge in [-0.3, -0.25) is 19.8 Å². The van der Waals surface area contributed by atoms with E-state index in [9.17, 15) is 9.59 Å². The smallest absolute Gasteiger partial charge is 0.246 e. The van der Waals surface area contributed by atoms with Gasteiger partial charge in [0, 0.05) is 12.1 Å². The Hall–Kier alpha value is -0.900. The summed E-state index contributed by atoms with van der Waals surface area (Å²) >= 11 is 0. The van der Waals surface area contributed by atoms with Gasteiger partial charge in [-0.05, 0) is 25.7 Å². The number of imide groups is 1. The van der Waals surface area contributed by atoms with Crippen LogP contribution in [0.4, 0.5) is 0 Å². The third-order valence-corrected chi connectivity index (χ3v) is 4.20. The van der Waals surface area contributed by atoms with Crippen molar-refractivity contribution < 1.29 is 9.59 Å². The van der Waals surface area contributed by atoms with Crippen LogP contribution in [0.25, 0.3) is 0 Å². The van der Waals surface area contributed by atoms with Crippen molar-refractivity contribution >= 4 is 11.8 Å². The third kappa shape index (κ3) is 2.91. The maximum Gasteiger partial charge on any atom is 0.246 e. The minimum atomic E-state index is -0.316. The predicted octanol–water partition coefficient (Wildman–Crippen LogP) is 2.08. The number of nitrogens with one attached hydrogen (secondary N) is 1. The van der Waals surface area contributed by atoms with E-state index in [-0.39, 0.29) is 23.4 Å². The first-order chi connectivity index (χ1) is 8.53. The van der Waals surface area contributed by atoms with Gasteiger partial charge in [-0.15, -0.1) is 0 Å². The van der Waals surface area contributed by atoms with Gasteiger partial charge in [0.1, 0.15) is 0 Å². The molecule has 1 aliphatic heterocycles. The molecule has 4 nitrogen and oxygen atoms in total. The summed E-state index contributed by atoms with van der Waals surface area (Å²) in [5.41, 5.74) is -0.0111. The van der Waals surface area contributed by atoms with E-state index in [4.69, 9.17) is 0 Å². The summed E-state index contributed by atoms with van der Waals surface area (Å²) in [4.78, 5) is 25.4. The molecule has 1 fully saturated rings. The van der Waals surface area contributed by atoms with E-state index in [2.05, 4.69) is 26.1 Å². The number of rotatable bonds is 7. The summed E-state index contributed by atoms with van der Waals surface area (Å²) in [5.74, 6) is -0.0712. The number of carbonyl (C=O) groups is 2. The summed E-state index contributed by atoms with van der Waals surface area (Å²) in [5, 5.41) is 3.44. The molecular weight excluding hydrogens is 228 g/mol. The molecule has 0 spiro atoms. The van der Waals surface area contributed by atoms with E-state index in [1.807, 2.05) is 6.92 Å². The molecule has 0 aliphatic carbocycles. The average molecular weight is 254 g/mol. The van der Waals surface area contributed by atoms with Crippen LogP contribution in [0.1, 0.15) is 59.8 Å². The topological polar surface area (TPSA) is 49.4 Å². The number of amides is 2. The molecule has 1 rings (SSSR count). The number of carbonyl (C=O) groups excluding carboxylic acids is 2. The van der Waals surface area contributed by atoms with Crippen molar-refractivity contribution in [1.29, 1.82) is 0 Å². The molecule has 1 atom stereocenters. The molecule has 0 aromatic carbocycles. The summed E-state index contributed by atoms with van der Waals surface area (Å²) in [6.45, 7) is 8.92. The molecule has 0 bridgehead atoms. The maximum absolute atomic E-state index is 12.2. The molecule has 0 aromatic heterocycles. The van der Waals surface area contributed by atoms with Gasteiger partial charge in [0.25, 0.3) is 0 Å². The number of likely N-dealkylation sites (tertiary alicyclic amines) is 1. The lowest BCUT2D eigenvalue weighted by Crippen LogP contribution is -2.52. The van der Waals surface area contributed by atoms with E-state index in [1.54, 1.807) is 0 Å². The molecule has 1 unspecified atom stereocenters. The molecule has 2 amide bonds. The van der Waals surface area contributed by atoms with E-state index in [0.717, 1.165) is 25.7 Å². The molecule has 1 heterocycles. The van der Waals surface area contributed by atoms with Crippen LogP contribution in [0.3, 0.4) is 0 Å². The van der Waals surface area contributed by atoms with Gasteiger partial charge in [0.15, 0.2) is 0 Å². The summed E-state index contributed by atoms with van der Waals surface area (Å²) < 4.78 is 0. The summed E-state index contributed by atoms with van der Waals surface area (Å²) in [6.07, 6.45) is 4.08. The molecular formula is C14H26N2O2. The Morgan fingerprint density at radius 2 is 1.72 bits per heavy atom. The zero-order valence-electron chi connectivity index (χ0n) is 12.1. The van der Waals surface area contributed by atoms with Gasteiger partial charge >= 0.3 is 0 Å². The Bertz CT molecular complexity index is 303. The normalized spacial score (nSPS) is 20.9. The number of hydrogen-bond acceptors (Lipinski definition) is 3. The number of hydrogen-bond donors (Lipinski definition) is 1. The van der Waals surface area contributed by atoms with Crippen LogP contribution in [-0.4, -0.2) is 34.8 Å². The van der Waals surface area contributed by atoms with Crippen molar-refractivity contribution in [3.8, 4) is 0 Å². The Morgan fingerprint density at radius 3 is 2.17 bits per heavy atom. The van der Waals surface area contributed by atoms with Crippen LogP contribution in [0.2, 0.25) is 0 Å². The Morgan fingerprint density at radius 1 is 1.17 bits per heavy atom. The van der Waals surface area contributed by atoms with Gasteiger partial charge in [0.2, 0.25) is 11.8 Å². The highest BCUT2D eigenvalue weighted by Crippen LogP contribution is 2.23. The first kappa shape index (κ1) is 15.2. The van der Waals surface area contributed by atoms with E-state index < -0.39 is 0 Å². The van der Waals surface area contributed by atoms with E-state index in [0.29, 0.717) is 13.0 Å². The number of nitrogens with zero attached hydrogens (tertiary/aromatic N) is 1. The molecule has 18 heavy (non-hydrogen) atoms. The van der Waals surface area contributed by atoms with Crippen molar-refractivity contribution in [3.05, 3.63) is 0 Å². The van der Waals surface area contributed by atoms with Gasteiger partial charge in [-0.25, -0.2) is 0 Å². The fraction of sp³-hybridized carbons (Fsp3) is 0.857. The van der Waals surface area contributed by atoms with Crippen molar-refractivity contribution in [2.75, 3.05) is 6.54 Å². The summed E-state index contributed by atoms with van der Waals surface area (Å²) in [6, 6.07) is -0.316. The monoisotopic (exact) mass is 254 g/mol. The van der Waals surface area contributed by atoms with Crippen LogP contribution in [0, 0.1) is 0 Å². The minimum absolute atomic E-state index is 0.0111. The Balaban J connectivity index is 2.74. The molecule has 104 valence electrons. The van der Waals surface area contributed by atoms with Crippen LogP contribution in [0.5, 0.6) is 0 Å². The third-order valence-electron chi connectivity index (χ3n) is 4.20. The van der Waals surface area contributed by atoms with Crippen molar-refractivity contribution in [2.45, 2.75) is 71.4 Å². The first-order valence-corrected chi connectivity index (χ1v) is 7.15. The minimum Gasteiger partial charge on any atom is -0.300 e. The zero-order chi connectivity index (χ0) is 13.8. The fourth-order valence-electron chi connectivity index (χ4n) is 2.68. The van der Waals surface area contributed by atoms with Crippen LogP contribution < -0.4 is 5.32 Å². The highest BCUT2D eigenvalue weighted by molar-refractivity contribution is 6.05. The highest BCUT2D eigenvalue weighted by atomic mass is 16.2. The Kier molecular flexibility index (Phi) is 5.32. The SMILES string of the molecule is CCCN1C(=O)CC(NC(CC)(CC)CC)C1=O. The standard InChI is InChI=1S/C14H26N2O2/c1-5-9-16-12(17)10-11(13(16)18)15-14(6-2,7-3)8-4/h11,15H,5-10H2,1-4H3. The molecule has 1 saturated heterocycles.